The lowest BCUT2D eigenvalue weighted by Gasteiger charge is -2.08. The third kappa shape index (κ3) is 4.10. The molecule has 0 bridgehead atoms. The molecule has 0 fully saturated rings. The van der Waals surface area contributed by atoms with Gasteiger partial charge in [-0.05, 0) is 23.8 Å². The normalized spacial score (nSPS) is 11.2. The Morgan fingerprint density at radius 2 is 1.90 bits per heavy atom. The van der Waals surface area contributed by atoms with Crippen molar-refractivity contribution in [1.29, 1.82) is 0 Å². The minimum absolute atomic E-state index is 0.0672. The lowest BCUT2D eigenvalue weighted by molar-refractivity contribution is 0.105. The first kappa shape index (κ1) is 19.2. The van der Waals surface area contributed by atoms with Crippen LogP contribution < -0.4 is 4.84 Å². The number of aromatic nitrogens is 6. The number of benzene rings is 2. The number of hydrogen-bond acceptors (Lipinski definition) is 5. The second-order valence-corrected chi connectivity index (χ2v) is 7.30. The summed E-state index contributed by atoms with van der Waals surface area (Å²) in [4.78, 5) is 18.9. The van der Waals surface area contributed by atoms with Gasteiger partial charge in [-0.15, -0.1) is 0 Å². The molecule has 0 amide bonds. The van der Waals surface area contributed by atoms with Crippen LogP contribution in [0.3, 0.4) is 0 Å². The molecule has 0 aliphatic heterocycles. The van der Waals surface area contributed by atoms with E-state index in [0.717, 1.165) is 11.1 Å². The van der Waals surface area contributed by atoms with Crippen LogP contribution in [0.25, 0.3) is 22.6 Å². The predicted molar refractivity (Wildman–Crippen MR) is 114 cm³/mol. The van der Waals surface area contributed by atoms with E-state index >= 15 is 0 Å². The minimum atomic E-state index is -0.379. The molecule has 0 unspecified atom stereocenters. The van der Waals surface area contributed by atoms with Crippen LogP contribution in [0.5, 0.6) is 0 Å². The Bertz CT molecular complexity index is 1350. The Morgan fingerprint density at radius 1 is 1.03 bits per heavy atom. The highest BCUT2D eigenvalue weighted by atomic mass is 35.5. The van der Waals surface area contributed by atoms with E-state index in [9.17, 15) is 4.39 Å². The summed E-state index contributed by atoms with van der Waals surface area (Å²) in [5, 5.41) is 4.83. The molecule has 31 heavy (non-hydrogen) atoms. The van der Waals surface area contributed by atoms with Gasteiger partial charge in [-0.25, -0.2) is 19.3 Å². The van der Waals surface area contributed by atoms with E-state index in [1.54, 1.807) is 12.4 Å². The minimum Gasteiger partial charge on any atom is -0.406 e. The van der Waals surface area contributed by atoms with Gasteiger partial charge in [0.05, 0.1) is 24.6 Å². The molecular weight excluding hydrogens is 419 g/mol. The van der Waals surface area contributed by atoms with Crippen molar-refractivity contribution in [3.8, 4) is 11.3 Å². The molecule has 0 saturated carbocycles. The summed E-state index contributed by atoms with van der Waals surface area (Å²) in [6.45, 7) is 0.735. The van der Waals surface area contributed by atoms with Crippen molar-refractivity contribution in [2.24, 2.45) is 0 Å². The zero-order chi connectivity index (χ0) is 21.2. The van der Waals surface area contributed by atoms with Gasteiger partial charge in [0.25, 0.3) is 0 Å². The van der Waals surface area contributed by atoms with E-state index in [4.69, 9.17) is 16.4 Å². The number of rotatable bonds is 6. The average Bonchev–Trinajstić information content (AvgIpc) is 3.42. The maximum absolute atomic E-state index is 13.4. The zero-order valence-corrected chi connectivity index (χ0v) is 16.9. The molecule has 154 valence electrons. The molecule has 9 heteroatoms. The smallest absolute Gasteiger partial charge is 0.215 e. The van der Waals surface area contributed by atoms with Crippen molar-refractivity contribution >= 4 is 22.9 Å². The van der Waals surface area contributed by atoms with Crippen LogP contribution in [0.1, 0.15) is 11.1 Å². The molecule has 0 radical (unpaired) electrons. The number of nitrogens with zero attached hydrogens (tertiary/aromatic N) is 6. The zero-order valence-electron chi connectivity index (χ0n) is 16.2. The van der Waals surface area contributed by atoms with Gasteiger partial charge in [-0.3, -0.25) is 4.68 Å². The van der Waals surface area contributed by atoms with E-state index in [0.29, 0.717) is 34.1 Å². The summed E-state index contributed by atoms with van der Waals surface area (Å²) in [5.41, 5.74) is 4.07. The average molecular weight is 435 g/mol. The fourth-order valence-electron chi connectivity index (χ4n) is 3.16. The number of imidazole rings is 1. The van der Waals surface area contributed by atoms with E-state index in [2.05, 4.69) is 32.2 Å². The second kappa shape index (κ2) is 8.16. The fraction of sp³-hybridized carbons (Fsp3) is 0.0909. The van der Waals surface area contributed by atoms with Gasteiger partial charge >= 0.3 is 0 Å². The van der Waals surface area contributed by atoms with Gasteiger partial charge in [0.15, 0.2) is 0 Å². The molecule has 3 heterocycles. The molecule has 0 saturated heterocycles. The van der Waals surface area contributed by atoms with Gasteiger partial charge in [0.1, 0.15) is 18.8 Å². The van der Waals surface area contributed by atoms with E-state index in [-0.39, 0.29) is 12.4 Å². The van der Waals surface area contributed by atoms with Crippen molar-refractivity contribution < 1.29 is 9.23 Å². The van der Waals surface area contributed by atoms with Crippen LogP contribution in [0.15, 0.2) is 73.4 Å². The van der Waals surface area contributed by atoms with Gasteiger partial charge in [0, 0.05) is 22.3 Å². The standard InChI is InChI=1S/C22H16ClFN6O/c23-19-7-6-18(24)8-16(19)13-31-30-14-26-21-22(30)25-10-20(28-21)17-9-27-29(12-17)11-15-4-2-1-3-5-15/h1-10,12,14H,11,13H2. The first-order chi connectivity index (χ1) is 15.2. The van der Waals surface area contributed by atoms with Gasteiger partial charge in [-0.2, -0.15) is 9.83 Å². The summed E-state index contributed by atoms with van der Waals surface area (Å²) >= 11 is 6.09. The van der Waals surface area contributed by atoms with Gasteiger partial charge in [-0.1, -0.05) is 41.9 Å². The Balaban J connectivity index is 1.34. The summed E-state index contributed by atoms with van der Waals surface area (Å²) in [6, 6.07) is 14.2. The van der Waals surface area contributed by atoms with Crippen LogP contribution in [-0.2, 0) is 13.2 Å². The monoisotopic (exact) mass is 434 g/mol. The van der Waals surface area contributed by atoms with Crippen molar-refractivity contribution in [3.63, 3.8) is 0 Å². The third-order valence-electron chi connectivity index (χ3n) is 4.71. The Kier molecular flexibility index (Phi) is 5.05. The maximum Gasteiger partial charge on any atom is 0.215 e. The first-order valence-corrected chi connectivity index (χ1v) is 9.87. The largest absolute Gasteiger partial charge is 0.406 e. The SMILES string of the molecule is Fc1ccc(Cl)c(COn2cnc3nc(-c4cnn(Cc5ccccc5)c4)cnc32)c1. The molecular formula is C22H16ClFN6O. The molecule has 0 aliphatic carbocycles. The lowest BCUT2D eigenvalue weighted by atomic mass is 10.2. The molecule has 0 atom stereocenters. The van der Waals surface area contributed by atoms with E-state index < -0.39 is 0 Å². The third-order valence-corrected chi connectivity index (χ3v) is 5.08. The maximum atomic E-state index is 13.4. The summed E-state index contributed by atoms with van der Waals surface area (Å²) in [6.07, 6.45) is 6.78. The fourth-order valence-corrected chi connectivity index (χ4v) is 3.33. The predicted octanol–water partition coefficient (Wildman–Crippen LogP) is 4.16. The second-order valence-electron chi connectivity index (χ2n) is 6.89. The highest BCUT2D eigenvalue weighted by Crippen LogP contribution is 2.20. The van der Waals surface area contributed by atoms with Crippen LogP contribution in [-0.4, -0.2) is 29.5 Å². The van der Waals surface area contributed by atoms with Crippen molar-refractivity contribution in [3.05, 3.63) is 95.4 Å². The topological polar surface area (TPSA) is 70.7 Å². The molecule has 5 aromatic rings. The summed E-state index contributed by atoms with van der Waals surface area (Å²) in [5.74, 6) is -0.379. The summed E-state index contributed by atoms with van der Waals surface area (Å²) in [7, 11) is 0. The molecule has 0 aliphatic rings. The lowest BCUT2D eigenvalue weighted by Crippen LogP contribution is -2.11. The Labute approximate surface area is 181 Å². The molecule has 2 aromatic carbocycles. The number of fused-ring (bicyclic) bond motifs is 1. The highest BCUT2D eigenvalue weighted by Gasteiger charge is 2.12. The number of hydrogen-bond donors (Lipinski definition) is 0. The van der Waals surface area contributed by atoms with E-state index in [1.165, 1.54) is 29.3 Å². The molecule has 5 rings (SSSR count). The van der Waals surface area contributed by atoms with Crippen LogP contribution in [0.4, 0.5) is 4.39 Å². The van der Waals surface area contributed by atoms with Crippen LogP contribution >= 0.6 is 11.6 Å². The molecule has 0 N–H and O–H groups in total. The van der Waals surface area contributed by atoms with Gasteiger partial charge < -0.3 is 4.84 Å². The highest BCUT2D eigenvalue weighted by molar-refractivity contribution is 6.31. The van der Waals surface area contributed by atoms with Crippen molar-refractivity contribution in [1.82, 2.24) is 29.5 Å². The Morgan fingerprint density at radius 3 is 2.77 bits per heavy atom. The number of halogens is 2. The van der Waals surface area contributed by atoms with Crippen LogP contribution in [0.2, 0.25) is 5.02 Å². The molecule has 0 spiro atoms. The van der Waals surface area contributed by atoms with Gasteiger partial charge in [0.2, 0.25) is 11.3 Å². The molecule has 3 aromatic heterocycles. The quantitative estimate of drug-likeness (QED) is 0.401. The first-order valence-electron chi connectivity index (χ1n) is 9.50. The van der Waals surface area contributed by atoms with Crippen molar-refractivity contribution in [2.45, 2.75) is 13.2 Å². The molecule has 7 nitrogen and oxygen atoms in total. The summed E-state index contributed by atoms with van der Waals surface area (Å²) < 4.78 is 16.7. The van der Waals surface area contributed by atoms with Crippen LogP contribution in [0, 0.1) is 5.82 Å². The Hall–Kier alpha value is -3.78. The van der Waals surface area contributed by atoms with E-state index in [1.807, 2.05) is 29.1 Å². The van der Waals surface area contributed by atoms with Crippen molar-refractivity contribution in [2.75, 3.05) is 0 Å².